The van der Waals surface area contributed by atoms with Gasteiger partial charge in [0, 0.05) is 30.4 Å². The second-order valence-corrected chi connectivity index (χ2v) is 4.92. The third-order valence-electron chi connectivity index (χ3n) is 3.06. The van der Waals surface area contributed by atoms with Gasteiger partial charge in [0.05, 0.1) is 5.02 Å². The van der Waals surface area contributed by atoms with E-state index in [0.717, 1.165) is 5.56 Å². The number of hydrogen-bond donors (Lipinski definition) is 1. The van der Waals surface area contributed by atoms with Gasteiger partial charge in [-0.1, -0.05) is 41.9 Å². The first-order chi connectivity index (χ1) is 9.65. The summed E-state index contributed by atoms with van der Waals surface area (Å²) in [6.45, 7) is 0. The van der Waals surface area contributed by atoms with Crippen LogP contribution >= 0.6 is 11.6 Å². The molecule has 0 saturated carbocycles. The number of rotatable bonds is 2. The molecule has 0 fully saturated rings. The van der Waals surface area contributed by atoms with Crippen molar-refractivity contribution in [2.75, 3.05) is 0 Å². The second-order valence-electron chi connectivity index (χ2n) is 4.49. The molecule has 2 aromatic heterocycles. The van der Waals surface area contributed by atoms with Crippen LogP contribution < -0.4 is 5.56 Å². The maximum atomic E-state index is 12.4. The van der Waals surface area contributed by atoms with Crippen molar-refractivity contribution >= 4 is 17.2 Å². The first-order valence-corrected chi connectivity index (χ1v) is 6.45. The highest BCUT2D eigenvalue weighted by atomic mass is 35.5. The largest absolute Gasteiger partial charge is 0.504 e. The number of aromatic hydroxyl groups is 1. The summed E-state index contributed by atoms with van der Waals surface area (Å²) in [5.74, 6) is -0.110. The lowest BCUT2D eigenvalue weighted by Gasteiger charge is -2.06. The Bertz CT molecular complexity index is 828. The highest BCUT2D eigenvalue weighted by molar-refractivity contribution is 6.30. The molecule has 2 heterocycles. The van der Waals surface area contributed by atoms with E-state index in [1.54, 1.807) is 0 Å². The number of hydrogen-bond acceptors (Lipinski definition) is 3. The Morgan fingerprint density at radius 2 is 2.00 bits per heavy atom. The minimum absolute atomic E-state index is 0.110. The van der Waals surface area contributed by atoms with E-state index in [2.05, 4.69) is 4.98 Å². The van der Waals surface area contributed by atoms with Gasteiger partial charge in [-0.05, 0) is 5.56 Å². The van der Waals surface area contributed by atoms with Crippen molar-refractivity contribution in [3.8, 4) is 5.75 Å². The zero-order valence-corrected chi connectivity index (χ0v) is 11.2. The Morgan fingerprint density at radius 1 is 1.25 bits per heavy atom. The van der Waals surface area contributed by atoms with Crippen LogP contribution in [-0.2, 0) is 6.42 Å². The van der Waals surface area contributed by atoms with E-state index in [9.17, 15) is 9.90 Å². The van der Waals surface area contributed by atoms with Crippen LogP contribution in [0.15, 0.2) is 53.6 Å². The van der Waals surface area contributed by atoms with Gasteiger partial charge in [0.1, 0.15) is 0 Å². The molecule has 5 heteroatoms. The molecular formula is C15H11ClN2O2. The van der Waals surface area contributed by atoms with Crippen molar-refractivity contribution in [3.63, 3.8) is 0 Å². The van der Waals surface area contributed by atoms with E-state index in [1.807, 2.05) is 30.3 Å². The summed E-state index contributed by atoms with van der Waals surface area (Å²) in [5, 5.41) is 10.0. The van der Waals surface area contributed by atoms with Gasteiger partial charge in [-0.15, -0.1) is 0 Å². The van der Waals surface area contributed by atoms with Gasteiger partial charge >= 0.3 is 0 Å². The third kappa shape index (κ3) is 2.26. The fourth-order valence-electron chi connectivity index (χ4n) is 2.11. The predicted molar refractivity (Wildman–Crippen MR) is 77.4 cm³/mol. The third-order valence-corrected chi connectivity index (χ3v) is 3.26. The van der Waals surface area contributed by atoms with E-state index in [4.69, 9.17) is 11.6 Å². The lowest BCUT2D eigenvalue weighted by Crippen LogP contribution is -2.19. The molecular weight excluding hydrogens is 276 g/mol. The molecule has 0 radical (unpaired) electrons. The summed E-state index contributed by atoms with van der Waals surface area (Å²) >= 11 is 5.86. The molecule has 0 unspecified atom stereocenters. The van der Waals surface area contributed by atoms with Crippen molar-refractivity contribution in [2.24, 2.45) is 0 Å². The van der Waals surface area contributed by atoms with E-state index >= 15 is 0 Å². The molecule has 0 aliphatic rings. The van der Waals surface area contributed by atoms with Crippen LogP contribution in [-0.4, -0.2) is 14.5 Å². The molecule has 0 aliphatic heterocycles. The predicted octanol–water partition coefficient (Wildman–Crippen LogP) is 2.64. The molecule has 3 aromatic rings. The number of pyridine rings is 1. The Kier molecular flexibility index (Phi) is 3.16. The number of nitrogens with zero attached hydrogens (tertiary/aromatic N) is 2. The molecule has 100 valence electrons. The minimum Gasteiger partial charge on any atom is -0.504 e. The Hall–Kier alpha value is -2.33. The van der Waals surface area contributed by atoms with E-state index in [1.165, 1.54) is 22.9 Å². The minimum atomic E-state index is -0.225. The zero-order chi connectivity index (χ0) is 14.1. The van der Waals surface area contributed by atoms with Gasteiger partial charge in [-0.2, -0.15) is 0 Å². The van der Waals surface area contributed by atoms with Gasteiger partial charge in [0.2, 0.25) is 0 Å². The van der Waals surface area contributed by atoms with Crippen molar-refractivity contribution in [1.29, 1.82) is 0 Å². The van der Waals surface area contributed by atoms with Gasteiger partial charge in [0.15, 0.2) is 11.4 Å². The SMILES string of the molecule is O=c1c(Cc2ccccc2)cnc2c(O)cc(Cl)cn12. The van der Waals surface area contributed by atoms with Gasteiger partial charge in [-0.25, -0.2) is 4.98 Å². The molecule has 20 heavy (non-hydrogen) atoms. The highest BCUT2D eigenvalue weighted by Gasteiger charge is 2.09. The summed E-state index contributed by atoms with van der Waals surface area (Å²) < 4.78 is 1.27. The standard InChI is InChI=1S/C15H11ClN2O2/c16-12-7-13(19)14-17-8-11(15(20)18(14)9-12)6-10-4-2-1-3-5-10/h1-5,7-9,19H,6H2. The van der Waals surface area contributed by atoms with Crippen LogP contribution in [0.3, 0.4) is 0 Å². The van der Waals surface area contributed by atoms with E-state index in [0.29, 0.717) is 12.0 Å². The smallest absolute Gasteiger partial charge is 0.261 e. The average molecular weight is 287 g/mol. The van der Waals surface area contributed by atoms with E-state index < -0.39 is 0 Å². The quantitative estimate of drug-likeness (QED) is 0.788. The normalized spacial score (nSPS) is 10.8. The van der Waals surface area contributed by atoms with Gasteiger partial charge in [-0.3, -0.25) is 9.20 Å². The monoisotopic (exact) mass is 286 g/mol. The van der Waals surface area contributed by atoms with Crippen molar-refractivity contribution in [1.82, 2.24) is 9.38 Å². The van der Waals surface area contributed by atoms with Crippen molar-refractivity contribution < 1.29 is 5.11 Å². The molecule has 0 amide bonds. The number of benzene rings is 1. The Morgan fingerprint density at radius 3 is 2.75 bits per heavy atom. The molecule has 0 spiro atoms. The first-order valence-electron chi connectivity index (χ1n) is 6.08. The van der Waals surface area contributed by atoms with Crippen molar-refractivity contribution in [2.45, 2.75) is 6.42 Å². The molecule has 1 aromatic carbocycles. The lowest BCUT2D eigenvalue weighted by molar-refractivity contribution is 0.476. The molecule has 0 aliphatic carbocycles. The summed E-state index contributed by atoms with van der Waals surface area (Å²) in [5.41, 5.74) is 1.56. The number of fused-ring (bicyclic) bond motifs is 1. The van der Waals surface area contributed by atoms with Crippen LogP contribution in [0, 0.1) is 0 Å². The van der Waals surface area contributed by atoms with Gasteiger partial charge < -0.3 is 5.11 Å². The van der Waals surface area contributed by atoms with Crippen LogP contribution in [0.2, 0.25) is 5.02 Å². The fraction of sp³-hybridized carbons (Fsp3) is 0.0667. The van der Waals surface area contributed by atoms with Crippen LogP contribution in [0.5, 0.6) is 5.75 Å². The van der Waals surface area contributed by atoms with Crippen LogP contribution in [0.25, 0.3) is 5.65 Å². The highest BCUT2D eigenvalue weighted by Crippen LogP contribution is 2.20. The molecule has 0 atom stereocenters. The maximum absolute atomic E-state index is 12.4. The zero-order valence-electron chi connectivity index (χ0n) is 10.5. The lowest BCUT2D eigenvalue weighted by atomic mass is 10.1. The second kappa shape index (κ2) is 4.98. The topological polar surface area (TPSA) is 54.6 Å². The number of halogens is 1. The maximum Gasteiger partial charge on any atom is 0.261 e. The summed E-state index contributed by atoms with van der Waals surface area (Å²) in [6, 6.07) is 11.0. The molecule has 4 nitrogen and oxygen atoms in total. The average Bonchev–Trinajstić information content (AvgIpc) is 2.43. The van der Waals surface area contributed by atoms with Crippen molar-refractivity contribution in [3.05, 3.63) is 75.3 Å². The Balaban J connectivity index is 2.14. The van der Waals surface area contributed by atoms with Crippen LogP contribution in [0.1, 0.15) is 11.1 Å². The summed E-state index contributed by atoms with van der Waals surface area (Å²) in [7, 11) is 0. The fourth-order valence-corrected chi connectivity index (χ4v) is 2.31. The summed E-state index contributed by atoms with van der Waals surface area (Å²) in [4.78, 5) is 16.5. The number of aromatic nitrogens is 2. The van der Waals surface area contributed by atoms with E-state index in [-0.39, 0.29) is 22.0 Å². The van der Waals surface area contributed by atoms with Crippen LogP contribution in [0.4, 0.5) is 0 Å². The molecule has 3 rings (SSSR count). The Labute approximate surface area is 119 Å². The molecule has 0 saturated heterocycles. The molecule has 0 bridgehead atoms. The molecule has 1 N–H and O–H groups in total. The first kappa shape index (κ1) is 12.7. The van der Waals surface area contributed by atoms with Gasteiger partial charge in [0.25, 0.3) is 5.56 Å². The summed E-state index contributed by atoms with van der Waals surface area (Å²) in [6.07, 6.45) is 3.45.